The maximum Gasteiger partial charge on any atom is 0.205 e. The summed E-state index contributed by atoms with van der Waals surface area (Å²) < 4.78 is 1.88. The third-order valence-electron chi connectivity index (χ3n) is 3.14. The molecule has 1 heterocycles. The number of hydrogen-bond acceptors (Lipinski definition) is 3. The molecule has 0 spiro atoms. The molecule has 0 atom stereocenters. The van der Waals surface area contributed by atoms with Crippen LogP contribution in [0, 0.1) is 18.3 Å². The Balaban J connectivity index is 2.36. The van der Waals surface area contributed by atoms with Crippen molar-refractivity contribution in [1.29, 1.82) is 5.26 Å². The van der Waals surface area contributed by atoms with Gasteiger partial charge in [-0.15, -0.1) is 0 Å². The van der Waals surface area contributed by atoms with Crippen molar-refractivity contribution in [1.82, 2.24) is 9.55 Å². The highest BCUT2D eigenvalue weighted by Gasteiger charge is 2.11. The molecule has 0 saturated carbocycles. The van der Waals surface area contributed by atoms with E-state index in [1.807, 2.05) is 47.9 Å². The zero-order valence-corrected chi connectivity index (χ0v) is 10.5. The van der Waals surface area contributed by atoms with Crippen molar-refractivity contribution in [3.8, 4) is 11.8 Å². The van der Waals surface area contributed by atoms with E-state index in [2.05, 4.69) is 11.1 Å². The lowest BCUT2D eigenvalue weighted by Crippen LogP contribution is -2.01. The Hall–Kier alpha value is -2.80. The maximum absolute atomic E-state index is 8.99. The number of hydrogen-bond donors (Lipinski definition) is 1. The molecule has 0 saturated heterocycles. The Bertz CT molecular complexity index is 809. The highest BCUT2D eigenvalue weighted by Crippen LogP contribution is 2.25. The second-order valence-electron chi connectivity index (χ2n) is 4.41. The zero-order chi connectivity index (χ0) is 13.4. The van der Waals surface area contributed by atoms with Crippen LogP contribution in [-0.4, -0.2) is 9.55 Å². The van der Waals surface area contributed by atoms with Gasteiger partial charge >= 0.3 is 0 Å². The highest BCUT2D eigenvalue weighted by atomic mass is 15.2. The molecule has 4 nitrogen and oxygen atoms in total. The van der Waals surface area contributed by atoms with E-state index in [-0.39, 0.29) is 0 Å². The van der Waals surface area contributed by atoms with Gasteiger partial charge in [0.2, 0.25) is 5.95 Å². The minimum absolute atomic E-state index is 0.430. The van der Waals surface area contributed by atoms with Crippen molar-refractivity contribution in [2.45, 2.75) is 6.92 Å². The van der Waals surface area contributed by atoms with Crippen molar-refractivity contribution < 1.29 is 0 Å². The Labute approximate surface area is 110 Å². The number of nitriles is 1. The number of fused-ring (bicyclic) bond motifs is 1. The largest absolute Gasteiger partial charge is 0.369 e. The van der Waals surface area contributed by atoms with E-state index in [1.54, 1.807) is 6.07 Å². The van der Waals surface area contributed by atoms with Gasteiger partial charge in [-0.3, -0.25) is 4.57 Å². The molecule has 1 aromatic heterocycles. The predicted molar refractivity (Wildman–Crippen MR) is 74.9 cm³/mol. The SMILES string of the molecule is Cc1cccc2nc(N)n(-c3cccc(C#N)c3)c12. The Morgan fingerprint density at radius 3 is 2.79 bits per heavy atom. The van der Waals surface area contributed by atoms with E-state index in [9.17, 15) is 0 Å². The maximum atomic E-state index is 8.99. The fraction of sp³-hybridized carbons (Fsp3) is 0.0667. The number of aryl methyl sites for hydroxylation is 1. The van der Waals surface area contributed by atoms with Gasteiger partial charge in [0.1, 0.15) is 0 Å². The molecule has 0 aliphatic carbocycles. The average Bonchev–Trinajstić information content (AvgIpc) is 2.76. The van der Waals surface area contributed by atoms with E-state index >= 15 is 0 Å². The van der Waals surface area contributed by atoms with Gasteiger partial charge in [0.15, 0.2) is 0 Å². The van der Waals surface area contributed by atoms with Crippen LogP contribution >= 0.6 is 0 Å². The quantitative estimate of drug-likeness (QED) is 0.720. The van der Waals surface area contributed by atoms with Crippen LogP contribution in [0.15, 0.2) is 42.5 Å². The average molecular weight is 248 g/mol. The van der Waals surface area contributed by atoms with Crippen molar-refractivity contribution >= 4 is 17.0 Å². The summed E-state index contributed by atoms with van der Waals surface area (Å²) in [4.78, 5) is 4.36. The number of aromatic nitrogens is 2. The van der Waals surface area contributed by atoms with Crippen LogP contribution in [0.3, 0.4) is 0 Å². The van der Waals surface area contributed by atoms with Crippen LogP contribution in [0.4, 0.5) is 5.95 Å². The summed E-state index contributed by atoms with van der Waals surface area (Å²) in [6.07, 6.45) is 0. The molecule has 2 N–H and O–H groups in total. The van der Waals surface area contributed by atoms with E-state index in [1.165, 1.54) is 0 Å². The molecule has 3 aromatic rings. The van der Waals surface area contributed by atoms with Gasteiger partial charge < -0.3 is 5.73 Å². The van der Waals surface area contributed by atoms with Gasteiger partial charge in [-0.1, -0.05) is 18.2 Å². The third-order valence-corrected chi connectivity index (χ3v) is 3.14. The van der Waals surface area contributed by atoms with Crippen LogP contribution in [0.1, 0.15) is 11.1 Å². The normalized spacial score (nSPS) is 10.5. The van der Waals surface area contributed by atoms with E-state index in [0.717, 1.165) is 22.3 Å². The van der Waals surface area contributed by atoms with Crippen LogP contribution < -0.4 is 5.73 Å². The summed E-state index contributed by atoms with van der Waals surface area (Å²) in [6.45, 7) is 2.02. The summed E-state index contributed by atoms with van der Waals surface area (Å²) in [5, 5.41) is 8.99. The number of imidazole rings is 1. The number of nitrogen functional groups attached to an aromatic ring is 1. The van der Waals surface area contributed by atoms with Crippen LogP contribution in [0.25, 0.3) is 16.7 Å². The molecule has 0 amide bonds. The number of rotatable bonds is 1. The molecular formula is C15H12N4. The first-order chi connectivity index (χ1) is 9.20. The zero-order valence-electron chi connectivity index (χ0n) is 10.5. The molecule has 0 aliphatic heterocycles. The van der Waals surface area contributed by atoms with Crippen molar-refractivity contribution in [3.05, 3.63) is 53.6 Å². The van der Waals surface area contributed by atoms with Crippen LogP contribution in [0.5, 0.6) is 0 Å². The lowest BCUT2D eigenvalue weighted by molar-refractivity contribution is 1.10. The second-order valence-corrected chi connectivity index (χ2v) is 4.41. The number of nitrogens with two attached hydrogens (primary N) is 1. The minimum Gasteiger partial charge on any atom is -0.369 e. The Kier molecular flexibility index (Phi) is 2.46. The fourth-order valence-electron chi connectivity index (χ4n) is 2.29. The summed E-state index contributed by atoms with van der Waals surface area (Å²) >= 11 is 0. The molecule has 0 radical (unpaired) electrons. The van der Waals surface area contributed by atoms with E-state index in [4.69, 9.17) is 11.0 Å². The van der Waals surface area contributed by atoms with Crippen molar-refractivity contribution in [3.63, 3.8) is 0 Å². The number of benzene rings is 2. The summed E-state index contributed by atoms with van der Waals surface area (Å²) in [5.41, 5.74) is 10.4. The number of para-hydroxylation sites is 1. The molecule has 2 aromatic carbocycles. The van der Waals surface area contributed by atoms with Gasteiger partial charge in [-0.05, 0) is 36.8 Å². The standard InChI is InChI=1S/C15H12N4/c1-10-4-2-7-13-14(10)19(15(17)18-13)12-6-3-5-11(8-12)9-16/h2-8H,1H3,(H2,17,18). The van der Waals surface area contributed by atoms with E-state index in [0.29, 0.717) is 11.5 Å². The molecule has 19 heavy (non-hydrogen) atoms. The van der Waals surface area contributed by atoms with Gasteiger partial charge in [0.25, 0.3) is 0 Å². The summed E-state index contributed by atoms with van der Waals surface area (Å²) in [6, 6.07) is 15.4. The first-order valence-electron chi connectivity index (χ1n) is 5.95. The van der Waals surface area contributed by atoms with Crippen molar-refractivity contribution in [2.24, 2.45) is 0 Å². The van der Waals surface area contributed by atoms with E-state index < -0.39 is 0 Å². The van der Waals surface area contributed by atoms with Gasteiger partial charge in [-0.2, -0.15) is 5.26 Å². The molecule has 0 aliphatic rings. The molecule has 0 fully saturated rings. The topological polar surface area (TPSA) is 67.6 Å². The molecule has 3 rings (SSSR count). The second kappa shape index (κ2) is 4.14. The van der Waals surface area contributed by atoms with Gasteiger partial charge in [-0.25, -0.2) is 4.98 Å². The highest BCUT2D eigenvalue weighted by molar-refractivity contribution is 5.83. The van der Waals surface area contributed by atoms with Gasteiger partial charge in [0, 0.05) is 0 Å². The molecular weight excluding hydrogens is 236 g/mol. The summed E-state index contributed by atoms with van der Waals surface area (Å²) in [7, 11) is 0. The number of anilines is 1. The third kappa shape index (κ3) is 1.72. The number of nitrogens with zero attached hydrogens (tertiary/aromatic N) is 3. The smallest absolute Gasteiger partial charge is 0.205 e. The molecule has 92 valence electrons. The first-order valence-corrected chi connectivity index (χ1v) is 5.95. The molecule has 0 bridgehead atoms. The predicted octanol–water partition coefficient (Wildman–Crippen LogP) is 2.79. The Morgan fingerprint density at radius 1 is 1.21 bits per heavy atom. The lowest BCUT2D eigenvalue weighted by atomic mass is 10.2. The lowest BCUT2D eigenvalue weighted by Gasteiger charge is -2.08. The molecule has 4 heteroatoms. The van der Waals surface area contributed by atoms with Crippen molar-refractivity contribution in [2.75, 3.05) is 5.73 Å². The first kappa shape index (κ1) is 11.3. The molecule has 0 unspecified atom stereocenters. The van der Waals surface area contributed by atoms with Crippen LogP contribution in [0.2, 0.25) is 0 Å². The minimum atomic E-state index is 0.430. The fourth-order valence-corrected chi connectivity index (χ4v) is 2.29. The van der Waals surface area contributed by atoms with Gasteiger partial charge in [0.05, 0.1) is 28.4 Å². The van der Waals surface area contributed by atoms with Crippen LogP contribution in [-0.2, 0) is 0 Å². The summed E-state index contributed by atoms with van der Waals surface area (Å²) in [5.74, 6) is 0.430. The Morgan fingerprint density at radius 2 is 2.00 bits per heavy atom. The monoisotopic (exact) mass is 248 g/mol.